The van der Waals surface area contributed by atoms with Crippen molar-refractivity contribution < 1.29 is 0 Å². The number of nitrogens with one attached hydrogen (secondary N) is 1. The van der Waals surface area contributed by atoms with Crippen LogP contribution in [0, 0.1) is 6.92 Å². The Hall–Kier alpha value is -0.710. The number of hydrogen-bond acceptors (Lipinski definition) is 4. The highest BCUT2D eigenvalue weighted by Gasteiger charge is 2.09. The van der Waals surface area contributed by atoms with Crippen LogP contribution >= 0.6 is 22.7 Å². The number of aryl methyl sites for hydroxylation is 1. The fourth-order valence-corrected chi connectivity index (χ4v) is 3.12. The molecule has 0 radical (unpaired) electrons. The van der Waals surface area contributed by atoms with Crippen LogP contribution in [-0.2, 0) is 6.54 Å². The third kappa shape index (κ3) is 1.87. The summed E-state index contributed by atoms with van der Waals surface area (Å²) in [5, 5.41) is 6.37. The zero-order valence-corrected chi connectivity index (χ0v) is 9.84. The lowest BCUT2D eigenvalue weighted by Crippen LogP contribution is -2.04. The van der Waals surface area contributed by atoms with Crippen molar-refractivity contribution in [3.8, 4) is 10.6 Å². The Morgan fingerprint density at radius 1 is 1.50 bits per heavy atom. The molecule has 0 aliphatic carbocycles. The molecule has 0 fully saturated rings. The van der Waals surface area contributed by atoms with E-state index in [1.807, 2.05) is 7.05 Å². The zero-order chi connectivity index (χ0) is 9.97. The standard InChI is InChI=1S/C10H12N2S2/c1-7-10(8-4-3-5-13-8)12-9(14-7)6-11-2/h3-5,11H,6H2,1-2H3. The van der Waals surface area contributed by atoms with Crippen molar-refractivity contribution in [3.63, 3.8) is 0 Å². The Balaban J connectivity index is 2.35. The topological polar surface area (TPSA) is 24.9 Å². The molecule has 1 N–H and O–H groups in total. The van der Waals surface area contributed by atoms with Gasteiger partial charge in [-0.2, -0.15) is 0 Å². The summed E-state index contributed by atoms with van der Waals surface area (Å²) in [6.45, 7) is 2.99. The van der Waals surface area contributed by atoms with Gasteiger partial charge in [0.15, 0.2) is 0 Å². The van der Waals surface area contributed by atoms with Gasteiger partial charge >= 0.3 is 0 Å². The molecule has 0 spiro atoms. The molecule has 2 nitrogen and oxygen atoms in total. The Kier molecular flexibility index (Phi) is 2.96. The lowest BCUT2D eigenvalue weighted by molar-refractivity contribution is 0.811. The van der Waals surface area contributed by atoms with E-state index < -0.39 is 0 Å². The third-order valence-corrected chi connectivity index (χ3v) is 3.77. The molecule has 0 aliphatic rings. The van der Waals surface area contributed by atoms with Gasteiger partial charge in [-0.1, -0.05) is 6.07 Å². The average Bonchev–Trinajstić information content (AvgIpc) is 2.74. The fraction of sp³-hybridized carbons (Fsp3) is 0.300. The molecule has 4 heteroatoms. The van der Waals surface area contributed by atoms with Gasteiger partial charge < -0.3 is 5.32 Å². The summed E-state index contributed by atoms with van der Waals surface area (Å²) in [4.78, 5) is 7.18. The van der Waals surface area contributed by atoms with E-state index in [4.69, 9.17) is 0 Å². The number of hydrogen-bond donors (Lipinski definition) is 1. The van der Waals surface area contributed by atoms with E-state index in [1.54, 1.807) is 22.7 Å². The largest absolute Gasteiger partial charge is 0.314 e. The van der Waals surface area contributed by atoms with Crippen LogP contribution in [0.2, 0.25) is 0 Å². The molecule has 0 atom stereocenters. The number of aromatic nitrogens is 1. The summed E-state index contributed by atoms with van der Waals surface area (Å²) < 4.78 is 0. The van der Waals surface area contributed by atoms with Crippen LogP contribution in [0.3, 0.4) is 0 Å². The van der Waals surface area contributed by atoms with Crippen molar-refractivity contribution in [2.45, 2.75) is 13.5 Å². The van der Waals surface area contributed by atoms with Crippen LogP contribution in [-0.4, -0.2) is 12.0 Å². The first-order chi connectivity index (χ1) is 6.81. The summed E-state index contributed by atoms with van der Waals surface area (Å²) in [6.07, 6.45) is 0. The number of thiazole rings is 1. The Morgan fingerprint density at radius 2 is 2.36 bits per heavy atom. The second-order valence-electron chi connectivity index (χ2n) is 3.02. The molecule has 0 saturated carbocycles. The maximum absolute atomic E-state index is 4.61. The molecular weight excluding hydrogens is 212 g/mol. The first-order valence-electron chi connectivity index (χ1n) is 4.46. The predicted octanol–water partition coefficient (Wildman–Crippen LogP) is 2.90. The van der Waals surface area contributed by atoms with Gasteiger partial charge in [-0.3, -0.25) is 0 Å². The zero-order valence-electron chi connectivity index (χ0n) is 8.20. The number of thiophene rings is 1. The van der Waals surface area contributed by atoms with Crippen LogP contribution in [0.5, 0.6) is 0 Å². The number of rotatable bonds is 3. The van der Waals surface area contributed by atoms with Crippen LogP contribution in [0.15, 0.2) is 17.5 Å². The van der Waals surface area contributed by atoms with E-state index in [1.165, 1.54) is 9.75 Å². The molecule has 0 bridgehead atoms. The molecule has 2 rings (SSSR count). The Labute approximate surface area is 91.6 Å². The van der Waals surface area contributed by atoms with Crippen LogP contribution < -0.4 is 5.32 Å². The van der Waals surface area contributed by atoms with E-state index in [-0.39, 0.29) is 0 Å². The molecule has 2 aromatic rings. The van der Waals surface area contributed by atoms with Gasteiger partial charge in [0, 0.05) is 11.4 Å². The first kappa shape index (κ1) is 9.83. The van der Waals surface area contributed by atoms with Gasteiger partial charge in [-0.25, -0.2) is 4.98 Å². The summed E-state index contributed by atoms with van der Waals surface area (Å²) in [6, 6.07) is 4.19. The quantitative estimate of drug-likeness (QED) is 0.867. The minimum atomic E-state index is 0.858. The summed E-state index contributed by atoms with van der Waals surface area (Å²) in [7, 11) is 1.95. The van der Waals surface area contributed by atoms with Crippen molar-refractivity contribution >= 4 is 22.7 Å². The van der Waals surface area contributed by atoms with E-state index in [2.05, 4.69) is 34.7 Å². The van der Waals surface area contributed by atoms with Gasteiger partial charge in [0.2, 0.25) is 0 Å². The van der Waals surface area contributed by atoms with Crippen molar-refractivity contribution in [1.29, 1.82) is 0 Å². The van der Waals surface area contributed by atoms with Crippen LogP contribution in [0.1, 0.15) is 9.88 Å². The molecule has 74 valence electrons. The average molecular weight is 224 g/mol. The van der Waals surface area contributed by atoms with Gasteiger partial charge in [0.25, 0.3) is 0 Å². The fourth-order valence-electron chi connectivity index (χ4n) is 1.32. The van der Waals surface area contributed by atoms with Crippen molar-refractivity contribution in [1.82, 2.24) is 10.3 Å². The van der Waals surface area contributed by atoms with E-state index in [0.29, 0.717) is 0 Å². The summed E-state index contributed by atoms with van der Waals surface area (Å²) in [5.74, 6) is 0. The second kappa shape index (κ2) is 4.21. The minimum Gasteiger partial charge on any atom is -0.314 e. The molecule has 14 heavy (non-hydrogen) atoms. The van der Waals surface area contributed by atoms with E-state index in [9.17, 15) is 0 Å². The molecule has 0 saturated heterocycles. The molecule has 0 amide bonds. The highest BCUT2D eigenvalue weighted by molar-refractivity contribution is 7.15. The Morgan fingerprint density at radius 3 is 3.00 bits per heavy atom. The van der Waals surface area contributed by atoms with Gasteiger partial charge in [0.1, 0.15) is 5.01 Å². The number of nitrogens with zero attached hydrogens (tertiary/aromatic N) is 1. The first-order valence-corrected chi connectivity index (χ1v) is 6.15. The lowest BCUT2D eigenvalue weighted by Gasteiger charge is -1.91. The van der Waals surface area contributed by atoms with Gasteiger partial charge in [-0.15, -0.1) is 22.7 Å². The molecular formula is C10H12N2S2. The lowest BCUT2D eigenvalue weighted by atomic mass is 10.3. The van der Waals surface area contributed by atoms with Crippen molar-refractivity contribution in [2.75, 3.05) is 7.05 Å². The van der Waals surface area contributed by atoms with Crippen LogP contribution in [0.25, 0.3) is 10.6 Å². The highest BCUT2D eigenvalue weighted by Crippen LogP contribution is 2.30. The minimum absolute atomic E-state index is 0.858. The highest BCUT2D eigenvalue weighted by atomic mass is 32.1. The van der Waals surface area contributed by atoms with Gasteiger partial charge in [-0.05, 0) is 25.4 Å². The monoisotopic (exact) mass is 224 g/mol. The molecule has 2 aromatic heterocycles. The smallest absolute Gasteiger partial charge is 0.107 e. The molecule has 0 aliphatic heterocycles. The summed E-state index contributed by atoms with van der Waals surface area (Å²) in [5.41, 5.74) is 1.15. The van der Waals surface area contributed by atoms with Gasteiger partial charge in [0.05, 0.1) is 10.6 Å². The SMILES string of the molecule is CNCc1nc(-c2cccs2)c(C)s1. The maximum Gasteiger partial charge on any atom is 0.107 e. The molecule has 0 unspecified atom stereocenters. The molecule has 0 aromatic carbocycles. The van der Waals surface area contributed by atoms with E-state index >= 15 is 0 Å². The molecule has 2 heterocycles. The van der Waals surface area contributed by atoms with Crippen molar-refractivity contribution in [2.24, 2.45) is 0 Å². The predicted molar refractivity (Wildman–Crippen MR) is 62.9 cm³/mol. The van der Waals surface area contributed by atoms with Crippen molar-refractivity contribution in [3.05, 3.63) is 27.4 Å². The second-order valence-corrected chi connectivity index (χ2v) is 5.26. The van der Waals surface area contributed by atoms with E-state index in [0.717, 1.165) is 17.2 Å². The summed E-state index contributed by atoms with van der Waals surface area (Å²) >= 11 is 3.52. The normalized spacial score (nSPS) is 10.7. The van der Waals surface area contributed by atoms with Crippen LogP contribution in [0.4, 0.5) is 0 Å². The Bertz CT molecular complexity index is 404. The maximum atomic E-state index is 4.61. The third-order valence-electron chi connectivity index (χ3n) is 1.92.